The number of hydrogen-bond acceptors (Lipinski definition) is 2. The zero-order chi connectivity index (χ0) is 17.5. The lowest BCUT2D eigenvalue weighted by molar-refractivity contribution is -0.138. The highest BCUT2D eigenvalue weighted by atomic mass is 35.5. The number of rotatable bonds is 2. The monoisotopic (exact) mass is 376 g/mol. The van der Waals surface area contributed by atoms with Crippen LogP contribution in [0.5, 0.6) is 0 Å². The molecule has 2 fully saturated rings. The van der Waals surface area contributed by atoms with Crippen molar-refractivity contribution in [2.24, 2.45) is 23.5 Å². The normalized spacial score (nSPS) is 28.8. The summed E-state index contributed by atoms with van der Waals surface area (Å²) in [7, 11) is 0. The largest absolute Gasteiger partial charge is 0.416 e. The number of halogens is 4. The van der Waals surface area contributed by atoms with Crippen molar-refractivity contribution in [2.45, 2.75) is 51.2 Å². The molecule has 3 nitrogen and oxygen atoms in total. The topological polar surface area (TPSA) is 55.1 Å². The highest BCUT2D eigenvalue weighted by Crippen LogP contribution is 2.42. The Morgan fingerprint density at radius 2 is 1.80 bits per heavy atom. The average molecular weight is 377 g/mol. The van der Waals surface area contributed by atoms with Gasteiger partial charge in [-0.15, -0.1) is 12.4 Å². The molecule has 7 heteroatoms. The Labute approximate surface area is 152 Å². The SMILES string of the molecule is Cc1c(NC(=O)C2CC3CCCC(C2)C3N)cccc1C(F)(F)F.Cl. The fraction of sp³-hybridized carbons (Fsp3) is 0.611. The van der Waals surface area contributed by atoms with Gasteiger partial charge in [0.25, 0.3) is 0 Å². The summed E-state index contributed by atoms with van der Waals surface area (Å²) >= 11 is 0. The fourth-order valence-electron chi connectivity index (χ4n) is 4.32. The van der Waals surface area contributed by atoms with Crippen molar-refractivity contribution < 1.29 is 18.0 Å². The molecule has 3 rings (SSSR count). The van der Waals surface area contributed by atoms with Crippen LogP contribution in [0, 0.1) is 24.7 Å². The Morgan fingerprint density at radius 3 is 2.36 bits per heavy atom. The van der Waals surface area contributed by atoms with Crippen LogP contribution in [0.4, 0.5) is 18.9 Å². The van der Waals surface area contributed by atoms with Crippen LogP contribution in [-0.2, 0) is 11.0 Å². The molecule has 2 saturated carbocycles. The maximum Gasteiger partial charge on any atom is 0.416 e. The van der Waals surface area contributed by atoms with E-state index >= 15 is 0 Å². The summed E-state index contributed by atoms with van der Waals surface area (Å²) < 4.78 is 39.0. The molecule has 0 saturated heterocycles. The predicted octanol–water partition coefficient (Wildman–Crippen LogP) is 4.53. The van der Waals surface area contributed by atoms with Gasteiger partial charge in [-0.3, -0.25) is 4.79 Å². The van der Waals surface area contributed by atoms with E-state index in [0.29, 0.717) is 11.8 Å². The van der Waals surface area contributed by atoms with Crippen molar-refractivity contribution in [2.75, 3.05) is 5.32 Å². The van der Waals surface area contributed by atoms with Gasteiger partial charge in [-0.1, -0.05) is 12.5 Å². The Morgan fingerprint density at radius 1 is 1.20 bits per heavy atom. The minimum atomic E-state index is -4.42. The smallest absolute Gasteiger partial charge is 0.327 e. The van der Waals surface area contributed by atoms with Gasteiger partial charge in [-0.2, -0.15) is 13.2 Å². The lowest BCUT2D eigenvalue weighted by Crippen LogP contribution is -2.48. The molecule has 0 aromatic heterocycles. The van der Waals surface area contributed by atoms with Crippen molar-refractivity contribution in [3.05, 3.63) is 29.3 Å². The number of carbonyl (C=O) groups excluding carboxylic acids is 1. The molecule has 2 aliphatic rings. The van der Waals surface area contributed by atoms with Crippen LogP contribution in [0.2, 0.25) is 0 Å². The number of amides is 1. The minimum absolute atomic E-state index is 0. The van der Waals surface area contributed by atoms with E-state index in [1.165, 1.54) is 19.1 Å². The predicted molar refractivity (Wildman–Crippen MR) is 93.6 cm³/mol. The molecule has 25 heavy (non-hydrogen) atoms. The van der Waals surface area contributed by atoms with Gasteiger partial charge in [-0.25, -0.2) is 0 Å². The van der Waals surface area contributed by atoms with Crippen molar-refractivity contribution >= 4 is 24.0 Å². The Balaban J connectivity index is 0.00000225. The van der Waals surface area contributed by atoms with Crippen molar-refractivity contribution in [1.29, 1.82) is 0 Å². The van der Waals surface area contributed by atoms with Crippen molar-refractivity contribution in [3.8, 4) is 0 Å². The number of carbonyl (C=O) groups is 1. The zero-order valence-corrected chi connectivity index (χ0v) is 14.9. The van der Waals surface area contributed by atoms with Gasteiger partial charge in [0.15, 0.2) is 0 Å². The Kier molecular flexibility index (Phi) is 6.05. The quantitative estimate of drug-likeness (QED) is 0.796. The van der Waals surface area contributed by atoms with Crippen LogP contribution >= 0.6 is 12.4 Å². The first kappa shape index (κ1) is 20.0. The van der Waals surface area contributed by atoms with Crippen LogP contribution in [-0.4, -0.2) is 11.9 Å². The summed E-state index contributed by atoms with van der Waals surface area (Å²) in [6, 6.07) is 4.06. The molecule has 2 bridgehead atoms. The molecule has 3 N–H and O–H groups in total. The second kappa shape index (κ2) is 7.54. The third-order valence-corrected chi connectivity index (χ3v) is 5.68. The second-order valence-corrected chi connectivity index (χ2v) is 7.16. The molecule has 1 amide bonds. The van der Waals surface area contributed by atoms with E-state index in [-0.39, 0.29) is 41.5 Å². The van der Waals surface area contributed by atoms with Crippen molar-refractivity contribution in [3.63, 3.8) is 0 Å². The second-order valence-electron chi connectivity index (χ2n) is 7.16. The van der Waals surface area contributed by atoms with Gasteiger partial charge in [0, 0.05) is 17.6 Å². The molecular weight excluding hydrogens is 353 g/mol. The van der Waals surface area contributed by atoms with E-state index in [2.05, 4.69) is 5.32 Å². The molecular formula is C18H24ClF3N2O. The van der Waals surface area contributed by atoms with E-state index in [0.717, 1.165) is 38.2 Å². The Bertz CT molecular complexity index is 621. The first-order chi connectivity index (χ1) is 11.3. The maximum absolute atomic E-state index is 13.0. The van der Waals surface area contributed by atoms with Gasteiger partial charge in [0.2, 0.25) is 5.91 Å². The van der Waals surface area contributed by atoms with Gasteiger partial charge < -0.3 is 11.1 Å². The van der Waals surface area contributed by atoms with Gasteiger partial charge in [0.05, 0.1) is 5.56 Å². The molecule has 2 atom stereocenters. The van der Waals surface area contributed by atoms with Gasteiger partial charge in [0.1, 0.15) is 0 Å². The molecule has 140 valence electrons. The molecule has 1 aromatic carbocycles. The minimum Gasteiger partial charge on any atom is -0.327 e. The number of alkyl halides is 3. The van der Waals surface area contributed by atoms with E-state index in [9.17, 15) is 18.0 Å². The summed E-state index contributed by atoms with van der Waals surface area (Å²) in [6.45, 7) is 1.39. The molecule has 0 heterocycles. The molecule has 0 radical (unpaired) electrons. The molecule has 0 spiro atoms. The number of nitrogens with one attached hydrogen (secondary N) is 1. The Hall–Kier alpha value is -1.27. The highest BCUT2D eigenvalue weighted by molar-refractivity contribution is 5.93. The molecule has 2 unspecified atom stereocenters. The lowest BCUT2D eigenvalue weighted by Gasteiger charge is -2.43. The average Bonchev–Trinajstić information content (AvgIpc) is 2.47. The fourth-order valence-corrected chi connectivity index (χ4v) is 4.32. The molecule has 2 aliphatic carbocycles. The van der Waals surface area contributed by atoms with Crippen LogP contribution < -0.4 is 11.1 Å². The van der Waals surface area contributed by atoms with E-state index in [1.807, 2.05) is 0 Å². The standard InChI is InChI=1S/C18H23F3N2O.ClH/c1-10-14(18(19,20)21)6-3-7-15(10)23-17(24)13-8-11-4-2-5-12(9-13)16(11)22;/h3,6-7,11-13,16H,2,4-5,8-9,22H2,1H3,(H,23,24);1H. The first-order valence-corrected chi connectivity index (χ1v) is 8.50. The first-order valence-electron chi connectivity index (χ1n) is 8.50. The van der Waals surface area contributed by atoms with E-state index in [4.69, 9.17) is 5.73 Å². The number of hydrogen-bond donors (Lipinski definition) is 2. The van der Waals surface area contributed by atoms with Crippen LogP contribution in [0.25, 0.3) is 0 Å². The molecule has 0 aliphatic heterocycles. The summed E-state index contributed by atoms with van der Waals surface area (Å²) in [5, 5.41) is 2.72. The summed E-state index contributed by atoms with van der Waals surface area (Å²) in [5.41, 5.74) is 5.84. The summed E-state index contributed by atoms with van der Waals surface area (Å²) in [6.07, 6.45) is 0.306. The maximum atomic E-state index is 13.0. The van der Waals surface area contributed by atoms with Gasteiger partial charge >= 0.3 is 6.18 Å². The van der Waals surface area contributed by atoms with Crippen LogP contribution in [0.3, 0.4) is 0 Å². The number of anilines is 1. The van der Waals surface area contributed by atoms with E-state index < -0.39 is 11.7 Å². The van der Waals surface area contributed by atoms with Gasteiger partial charge in [-0.05, 0) is 62.1 Å². The summed E-state index contributed by atoms with van der Waals surface area (Å²) in [5.74, 6) is 0.377. The number of fused-ring (bicyclic) bond motifs is 2. The van der Waals surface area contributed by atoms with E-state index in [1.54, 1.807) is 0 Å². The lowest BCUT2D eigenvalue weighted by atomic mass is 9.65. The summed E-state index contributed by atoms with van der Waals surface area (Å²) in [4.78, 5) is 12.6. The number of nitrogens with two attached hydrogens (primary N) is 1. The third-order valence-electron chi connectivity index (χ3n) is 5.68. The molecule has 1 aromatic rings. The van der Waals surface area contributed by atoms with Crippen LogP contribution in [0.15, 0.2) is 18.2 Å². The number of benzene rings is 1. The highest BCUT2D eigenvalue weighted by Gasteiger charge is 2.40. The third kappa shape index (κ3) is 4.11. The van der Waals surface area contributed by atoms with Crippen LogP contribution in [0.1, 0.15) is 43.2 Å². The zero-order valence-electron chi connectivity index (χ0n) is 14.1. The van der Waals surface area contributed by atoms with Crippen molar-refractivity contribution in [1.82, 2.24) is 0 Å².